The van der Waals surface area contributed by atoms with Crippen LogP contribution in [0.25, 0.3) is 11.0 Å². The first kappa shape index (κ1) is 14.5. The van der Waals surface area contributed by atoms with Crippen LogP contribution in [0.5, 0.6) is 0 Å². The smallest absolute Gasteiger partial charge is 0.270 e. The van der Waals surface area contributed by atoms with Crippen molar-refractivity contribution in [1.29, 1.82) is 5.41 Å². The van der Waals surface area contributed by atoms with E-state index < -0.39 is 10.8 Å². The molecule has 0 spiro atoms. The molecule has 3 rings (SSSR count). The molecule has 2 heterocycles. The summed E-state index contributed by atoms with van der Waals surface area (Å²) in [6.45, 7) is 0.165. The molecule has 0 radical (unpaired) electrons. The number of carbonyl (C=O) groups is 1. The Morgan fingerprint density at radius 1 is 1.30 bits per heavy atom. The summed E-state index contributed by atoms with van der Waals surface area (Å²) in [4.78, 5) is 22.4. The number of non-ortho nitro benzene ring substituents is 1. The van der Waals surface area contributed by atoms with E-state index in [0.29, 0.717) is 16.7 Å². The number of amides is 1. The van der Waals surface area contributed by atoms with Gasteiger partial charge in [-0.05, 0) is 24.3 Å². The van der Waals surface area contributed by atoms with Gasteiger partial charge in [-0.1, -0.05) is 0 Å². The molecule has 0 fully saturated rings. The molecule has 2 N–H and O–H groups in total. The summed E-state index contributed by atoms with van der Waals surface area (Å²) in [6.07, 6.45) is 1.49. The van der Waals surface area contributed by atoms with Crippen LogP contribution in [-0.2, 0) is 6.54 Å². The van der Waals surface area contributed by atoms with Crippen LogP contribution in [0.2, 0.25) is 0 Å². The second-order valence-electron chi connectivity index (χ2n) is 4.73. The zero-order valence-corrected chi connectivity index (χ0v) is 11.7. The van der Waals surface area contributed by atoms with Gasteiger partial charge in [-0.2, -0.15) is 0 Å². The van der Waals surface area contributed by atoms with Gasteiger partial charge in [-0.15, -0.1) is 0 Å². The third-order valence-electron chi connectivity index (χ3n) is 3.21. The Morgan fingerprint density at radius 2 is 2.13 bits per heavy atom. The zero-order chi connectivity index (χ0) is 16.4. The van der Waals surface area contributed by atoms with Crippen molar-refractivity contribution in [2.24, 2.45) is 0 Å². The van der Waals surface area contributed by atoms with Gasteiger partial charge in [0, 0.05) is 17.5 Å². The lowest BCUT2D eigenvalue weighted by atomic mass is 10.1. The fraction of sp³-hybridized carbons (Fsp3) is 0.0667. The summed E-state index contributed by atoms with van der Waals surface area (Å²) in [5.74, 6) is 0.0433. The molecule has 0 aliphatic carbocycles. The molecule has 0 saturated heterocycles. The number of nitro groups is 1. The summed E-state index contributed by atoms with van der Waals surface area (Å²) in [5.41, 5.74) is -0.150. The van der Waals surface area contributed by atoms with Crippen molar-refractivity contribution < 1.29 is 18.6 Å². The second kappa shape index (κ2) is 5.76. The minimum atomic E-state index is -0.537. The van der Waals surface area contributed by atoms with Crippen molar-refractivity contribution >= 4 is 22.6 Å². The fourth-order valence-electron chi connectivity index (χ4n) is 2.09. The molecule has 0 saturated carbocycles. The van der Waals surface area contributed by atoms with Crippen molar-refractivity contribution in [2.45, 2.75) is 6.54 Å². The molecule has 0 unspecified atom stereocenters. The molecule has 116 valence electrons. The molecule has 1 amide bonds. The van der Waals surface area contributed by atoms with Crippen molar-refractivity contribution in [2.75, 3.05) is 0 Å². The van der Waals surface area contributed by atoms with E-state index in [2.05, 4.69) is 5.32 Å². The van der Waals surface area contributed by atoms with E-state index in [-0.39, 0.29) is 23.3 Å². The Kier molecular flexibility index (Phi) is 3.63. The van der Waals surface area contributed by atoms with Crippen LogP contribution in [0.4, 0.5) is 5.69 Å². The van der Waals surface area contributed by atoms with Crippen LogP contribution in [-0.4, -0.2) is 10.8 Å². The van der Waals surface area contributed by atoms with Crippen molar-refractivity contribution in [3.63, 3.8) is 0 Å². The third kappa shape index (κ3) is 2.95. The first-order valence-electron chi connectivity index (χ1n) is 6.62. The number of carbonyl (C=O) groups excluding carboxylic acids is 1. The largest absolute Gasteiger partial charge is 0.467 e. The van der Waals surface area contributed by atoms with Crippen LogP contribution < -0.4 is 10.9 Å². The molecule has 1 aromatic carbocycles. The summed E-state index contributed by atoms with van der Waals surface area (Å²) in [7, 11) is 0. The average Bonchev–Trinajstić information content (AvgIpc) is 3.04. The molecule has 8 heteroatoms. The van der Waals surface area contributed by atoms with E-state index in [1.807, 2.05) is 0 Å². The molecule has 0 aliphatic rings. The number of nitrogens with one attached hydrogen (secondary N) is 2. The minimum Gasteiger partial charge on any atom is -0.467 e. The summed E-state index contributed by atoms with van der Waals surface area (Å²) in [6, 6.07) is 8.77. The van der Waals surface area contributed by atoms with E-state index >= 15 is 0 Å². The van der Waals surface area contributed by atoms with Gasteiger partial charge in [0.05, 0.1) is 17.7 Å². The Labute approximate surface area is 129 Å². The van der Waals surface area contributed by atoms with Crippen LogP contribution in [0.1, 0.15) is 16.1 Å². The zero-order valence-electron chi connectivity index (χ0n) is 11.7. The van der Waals surface area contributed by atoms with Gasteiger partial charge in [-0.25, -0.2) is 0 Å². The summed E-state index contributed by atoms with van der Waals surface area (Å²) < 4.78 is 10.3. The number of hydrogen-bond acceptors (Lipinski definition) is 6. The maximum atomic E-state index is 12.2. The highest BCUT2D eigenvalue weighted by Gasteiger charge is 2.14. The second-order valence-corrected chi connectivity index (χ2v) is 4.73. The topological polar surface area (TPSA) is 122 Å². The van der Waals surface area contributed by atoms with E-state index in [0.717, 1.165) is 0 Å². The van der Waals surface area contributed by atoms with E-state index in [1.165, 1.54) is 30.5 Å². The highest BCUT2D eigenvalue weighted by molar-refractivity contribution is 5.96. The number of rotatable bonds is 4. The van der Waals surface area contributed by atoms with Gasteiger partial charge in [0.15, 0.2) is 0 Å². The highest BCUT2D eigenvalue weighted by Crippen LogP contribution is 2.20. The Bertz CT molecular complexity index is 943. The monoisotopic (exact) mass is 313 g/mol. The van der Waals surface area contributed by atoms with Gasteiger partial charge in [0.1, 0.15) is 16.9 Å². The SMILES string of the molecule is N=c1oc2ccc([N+](=O)[O-])cc2cc1C(=O)NCc1ccco1. The summed E-state index contributed by atoms with van der Waals surface area (Å²) >= 11 is 0. The van der Waals surface area contributed by atoms with Crippen LogP contribution >= 0.6 is 0 Å². The van der Waals surface area contributed by atoms with Crippen LogP contribution in [0, 0.1) is 15.5 Å². The number of benzene rings is 1. The number of nitro benzene ring substituents is 1. The predicted octanol–water partition coefficient (Wildman–Crippen LogP) is 2.34. The molecule has 3 aromatic rings. The molecule has 0 aliphatic heterocycles. The summed E-state index contributed by atoms with van der Waals surface area (Å²) in [5, 5.41) is 21.6. The van der Waals surface area contributed by atoms with Gasteiger partial charge in [-0.3, -0.25) is 20.3 Å². The molecule has 0 atom stereocenters. The maximum absolute atomic E-state index is 12.2. The number of fused-ring (bicyclic) bond motifs is 1. The average molecular weight is 313 g/mol. The lowest BCUT2D eigenvalue weighted by Crippen LogP contribution is -2.27. The fourth-order valence-corrected chi connectivity index (χ4v) is 2.09. The predicted molar refractivity (Wildman–Crippen MR) is 78.6 cm³/mol. The number of furan rings is 1. The molecular formula is C15H11N3O5. The molecule has 2 aromatic heterocycles. The van der Waals surface area contributed by atoms with Crippen LogP contribution in [0.3, 0.4) is 0 Å². The van der Waals surface area contributed by atoms with E-state index in [1.54, 1.807) is 12.1 Å². The molecule has 8 nitrogen and oxygen atoms in total. The Hall–Kier alpha value is -3.42. The quantitative estimate of drug-likeness (QED) is 0.565. The van der Waals surface area contributed by atoms with E-state index in [4.69, 9.17) is 14.2 Å². The lowest BCUT2D eigenvalue weighted by molar-refractivity contribution is -0.384. The van der Waals surface area contributed by atoms with Gasteiger partial charge >= 0.3 is 0 Å². The Balaban J connectivity index is 1.92. The third-order valence-corrected chi connectivity index (χ3v) is 3.21. The lowest BCUT2D eigenvalue weighted by Gasteiger charge is -2.05. The highest BCUT2D eigenvalue weighted by atomic mass is 16.6. The molecule has 23 heavy (non-hydrogen) atoms. The maximum Gasteiger partial charge on any atom is 0.270 e. The minimum absolute atomic E-state index is 0.00967. The van der Waals surface area contributed by atoms with Crippen molar-refractivity contribution in [1.82, 2.24) is 5.32 Å². The van der Waals surface area contributed by atoms with E-state index in [9.17, 15) is 14.9 Å². The first-order valence-corrected chi connectivity index (χ1v) is 6.62. The van der Waals surface area contributed by atoms with Crippen molar-refractivity contribution in [3.8, 4) is 0 Å². The van der Waals surface area contributed by atoms with Crippen LogP contribution in [0.15, 0.2) is 51.5 Å². The van der Waals surface area contributed by atoms with Gasteiger partial charge in [0.25, 0.3) is 11.6 Å². The van der Waals surface area contributed by atoms with Gasteiger partial charge in [0.2, 0.25) is 5.55 Å². The Morgan fingerprint density at radius 3 is 2.83 bits per heavy atom. The standard InChI is InChI=1S/C15H11N3O5/c16-14-12(15(19)17-8-11-2-1-5-22-11)7-9-6-10(18(20)21)3-4-13(9)23-14/h1-7,16H,8H2,(H,17,19). The van der Waals surface area contributed by atoms with Gasteiger partial charge < -0.3 is 14.2 Å². The number of nitrogens with zero attached hydrogens (tertiary/aromatic N) is 1. The first-order chi connectivity index (χ1) is 11.0. The molecule has 0 bridgehead atoms. The molecular weight excluding hydrogens is 302 g/mol. The number of hydrogen-bond donors (Lipinski definition) is 2. The normalized spacial score (nSPS) is 10.6. The van der Waals surface area contributed by atoms with Crippen molar-refractivity contribution in [3.05, 3.63) is 69.7 Å².